The lowest BCUT2D eigenvalue weighted by molar-refractivity contribution is 0.233. The molecule has 0 spiro atoms. The normalized spacial score (nSPS) is 13.5. The van der Waals surface area contributed by atoms with Crippen molar-refractivity contribution >= 4 is 28.6 Å². The van der Waals surface area contributed by atoms with Crippen molar-refractivity contribution in [3.05, 3.63) is 70.9 Å². The number of furan rings is 1. The molecule has 3 rings (SSSR count). The van der Waals surface area contributed by atoms with Crippen LogP contribution in [-0.2, 0) is 0 Å². The zero-order valence-corrected chi connectivity index (χ0v) is 14.3. The Hall–Kier alpha value is -2.46. The molecule has 0 radical (unpaired) electrons. The predicted octanol–water partition coefficient (Wildman–Crippen LogP) is 5.21. The van der Waals surface area contributed by atoms with E-state index in [1.165, 1.54) is 0 Å². The lowest BCUT2D eigenvalue weighted by atomic mass is 10.1. The smallest absolute Gasteiger partial charge is 0.315 e. The van der Waals surface area contributed by atoms with E-state index in [-0.39, 0.29) is 18.1 Å². The monoisotopic (exact) mass is 342 g/mol. The van der Waals surface area contributed by atoms with Gasteiger partial charge in [-0.05, 0) is 43.7 Å². The number of benzene rings is 2. The number of hydrogen-bond acceptors (Lipinski definition) is 2. The molecule has 0 aliphatic heterocycles. The van der Waals surface area contributed by atoms with Crippen LogP contribution in [0.15, 0.2) is 59.0 Å². The van der Waals surface area contributed by atoms with E-state index in [1.54, 1.807) is 0 Å². The third-order valence-electron chi connectivity index (χ3n) is 3.94. The standard InChI is InChI=1S/C19H19ClN2O2/c1-12(14-7-9-16(20)10-8-14)21-19(23)22-13(2)18-11-15-5-3-4-6-17(15)24-18/h3-13H,1-2H3,(H2,21,22,23)/t12-,13+/m1/s1. The highest BCUT2D eigenvalue weighted by atomic mass is 35.5. The summed E-state index contributed by atoms with van der Waals surface area (Å²) in [5, 5.41) is 7.51. The molecule has 1 heterocycles. The number of carbonyl (C=O) groups excluding carboxylic acids is 1. The highest BCUT2D eigenvalue weighted by Crippen LogP contribution is 2.23. The van der Waals surface area contributed by atoms with E-state index >= 15 is 0 Å². The minimum absolute atomic E-state index is 0.120. The molecule has 0 saturated carbocycles. The fraction of sp³-hybridized carbons (Fsp3) is 0.211. The quantitative estimate of drug-likeness (QED) is 0.684. The van der Waals surface area contributed by atoms with E-state index < -0.39 is 0 Å². The molecule has 0 unspecified atom stereocenters. The first-order valence-corrected chi connectivity index (χ1v) is 8.21. The Bertz CT molecular complexity index is 809. The van der Waals surface area contributed by atoms with Crippen molar-refractivity contribution in [2.45, 2.75) is 25.9 Å². The number of hydrogen-bond donors (Lipinski definition) is 2. The Labute approximate surface area is 145 Å². The zero-order valence-electron chi connectivity index (χ0n) is 13.5. The number of amides is 2. The van der Waals surface area contributed by atoms with Gasteiger partial charge in [-0.2, -0.15) is 0 Å². The number of carbonyl (C=O) groups is 1. The summed E-state index contributed by atoms with van der Waals surface area (Å²) in [6, 6.07) is 16.5. The Balaban J connectivity index is 1.62. The summed E-state index contributed by atoms with van der Waals surface area (Å²) >= 11 is 5.88. The number of para-hydroxylation sites is 1. The summed E-state index contributed by atoms with van der Waals surface area (Å²) < 4.78 is 5.78. The molecule has 0 saturated heterocycles. The van der Waals surface area contributed by atoms with E-state index in [0.29, 0.717) is 5.02 Å². The summed E-state index contributed by atoms with van der Waals surface area (Å²) in [4.78, 5) is 12.2. The highest BCUT2D eigenvalue weighted by Gasteiger charge is 2.16. The summed E-state index contributed by atoms with van der Waals surface area (Å²) in [5.74, 6) is 0.727. The minimum Gasteiger partial charge on any atom is -0.459 e. The van der Waals surface area contributed by atoms with Crippen LogP contribution in [0.25, 0.3) is 11.0 Å². The SMILES string of the molecule is C[C@H](NC(=O)N[C@H](C)c1ccc(Cl)cc1)c1cc2ccccc2o1. The van der Waals surface area contributed by atoms with Crippen LogP contribution in [0.1, 0.15) is 37.3 Å². The maximum atomic E-state index is 12.2. The first-order chi connectivity index (χ1) is 11.5. The molecular weight excluding hydrogens is 324 g/mol. The van der Waals surface area contributed by atoms with Crippen molar-refractivity contribution in [1.82, 2.24) is 10.6 Å². The Morgan fingerprint density at radius 2 is 1.67 bits per heavy atom. The largest absolute Gasteiger partial charge is 0.459 e. The van der Waals surface area contributed by atoms with Crippen molar-refractivity contribution < 1.29 is 9.21 Å². The molecule has 24 heavy (non-hydrogen) atoms. The fourth-order valence-electron chi connectivity index (χ4n) is 2.56. The molecule has 2 amide bonds. The van der Waals surface area contributed by atoms with Gasteiger partial charge in [-0.1, -0.05) is 41.9 Å². The molecule has 0 aliphatic rings. The Morgan fingerprint density at radius 1 is 1.00 bits per heavy atom. The van der Waals surface area contributed by atoms with Gasteiger partial charge in [-0.3, -0.25) is 0 Å². The van der Waals surface area contributed by atoms with Gasteiger partial charge in [0.15, 0.2) is 0 Å². The molecule has 2 N–H and O–H groups in total. The molecule has 2 atom stereocenters. The second-order valence-corrected chi connectivity index (χ2v) is 6.24. The van der Waals surface area contributed by atoms with Gasteiger partial charge in [-0.25, -0.2) is 4.79 Å². The number of nitrogens with one attached hydrogen (secondary N) is 2. The number of rotatable bonds is 4. The first-order valence-electron chi connectivity index (χ1n) is 7.84. The van der Waals surface area contributed by atoms with Crippen LogP contribution in [0.5, 0.6) is 0 Å². The summed E-state index contributed by atoms with van der Waals surface area (Å²) in [6.07, 6.45) is 0. The maximum Gasteiger partial charge on any atom is 0.315 e. The lowest BCUT2D eigenvalue weighted by Gasteiger charge is -2.17. The molecular formula is C19H19ClN2O2. The van der Waals surface area contributed by atoms with E-state index in [1.807, 2.05) is 68.4 Å². The van der Waals surface area contributed by atoms with Gasteiger partial charge in [0.2, 0.25) is 0 Å². The summed E-state index contributed by atoms with van der Waals surface area (Å²) in [7, 11) is 0. The van der Waals surface area contributed by atoms with Gasteiger partial charge in [0.05, 0.1) is 12.1 Å². The van der Waals surface area contributed by atoms with Gasteiger partial charge in [0.1, 0.15) is 11.3 Å². The number of urea groups is 1. The molecule has 2 aromatic carbocycles. The van der Waals surface area contributed by atoms with Crippen molar-refractivity contribution in [3.63, 3.8) is 0 Å². The van der Waals surface area contributed by atoms with Gasteiger partial charge in [-0.15, -0.1) is 0 Å². The van der Waals surface area contributed by atoms with Crippen LogP contribution < -0.4 is 10.6 Å². The summed E-state index contributed by atoms with van der Waals surface area (Å²) in [6.45, 7) is 3.82. The molecule has 4 nitrogen and oxygen atoms in total. The number of fused-ring (bicyclic) bond motifs is 1. The van der Waals surface area contributed by atoms with Crippen LogP contribution in [0.4, 0.5) is 4.79 Å². The van der Waals surface area contributed by atoms with E-state index in [4.69, 9.17) is 16.0 Å². The van der Waals surface area contributed by atoms with Gasteiger partial charge < -0.3 is 15.1 Å². The molecule has 5 heteroatoms. The van der Waals surface area contributed by atoms with Crippen LogP contribution in [0.3, 0.4) is 0 Å². The van der Waals surface area contributed by atoms with Crippen LogP contribution >= 0.6 is 11.6 Å². The van der Waals surface area contributed by atoms with Crippen LogP contribution in [0, 0.1) is 0 Å². The average molecular weight is 343 g/mol. The Morgan fingerprint density at radius 3 is 2.38 bits per heavy atom. The van der Waals surface area contributed by atoms with E-state index in [2.05, 4.69) is 10.6 Å². The van der Waals surface area contributed by atoms with Gasteiger partial charge in [0.25, 0.3) is 0 Å². The Kier molecular flexibility index (Phi) is 4.76. The van der Waals surface area contributed by atoms with Gasteiger partial charge in [0, 0.05) is 10.4 Å². The molecule has 0 aliphatic carbocycles. The van der Waals surface area contributed by atoms with Crippen molar-refractivity contribution in [3.8, 4) is 0 Å². The zero-order chi connectivity index (χ0) is 17.1. The average Bonchev–Trinajstić information content (AvgIpc) is 2.99. The summed E-state index contributed by atoms with van der Waals surface area (Å²) in [5.41, 5.74) is 1.81. The highest BCUT2D eigenvalue weighted by molar-refractivity contribution is 6.30. The molecule has 1 aromatic heterocycles. The second-order valence-electron chi connectivity index (χ2n) is 5.80. The fourth-order valence-corrected chi connectivity index (χ4v) is 2.68. The van der Waals surface area contributed by atoms with Crippen molar-refractivity contribution in [2.75, 3.05) is 0 Å². The van der Waals surface area contributed by atoms with E-state index in [9.17, 15) is 4.79 Å². The molecule has 0 fully saturated rings. The second kappa shape index (κ2) is 6.97. The van der Waals surface area contributed by atoms with Crippen molar-refractivity contribution in [1.29, 1.82) is 0 Å². The molecule has 124 valence electrons. The third-order valence-corrected chi connectivity index (χ3v) is 4.19. The van der Waals surface area contributed by atoms with E-state index in [0.717, 1.165) is 22.3 Å². The van der Waals surface area contributed by atoms with Crippen LogP contribution in [0.2, 0.25) is 5.02 Å². The topological polar surface area (TPSA) is 54.3 Å². The number of halogens is 1. The van der Waals surface area contributed by atoms with Gasteiger partial charge >= 0.3 is 6.03 Å². The van der Waals surface area contributed by atoms with Crippen molar-refractivity contribution in [2.24, 2.45) is 0 Å². The first kappa shape index (κ1) is 16.4. The maximum absolute atomic E-state index is 12.2. The molecule has 0 bridgehead atoms. The van der Waals surface area contributed by atoms with Crippen LogP contribution in [-0.4, -0.2) is 6.03 Å². The lowest BCUT2D eigenvalue weighted by Crippen LogP contribution is -2.38. The predicted molar refractivity (Wildman–Crippen MR) is 96.2 cm³/mol. The molecule has 3 aromatic rings. The third kappa shape index (κ3) is 3.71. The minimum atomic E-state index is -0.245.